The van der Waals surface area contributed by atoms with Crippen molar-refractivity contribution in [3.63, 3.8) is 0 Å². The first-order chi connectivity index (χ1) is 17.1. The van der Waals surface area contributed by atoms with Gasteiger partial charge in [0, 0.05) is 18.5 Å². The minimum Gasteiger partial charge on any atom is -0.489 e. The van der Waals surface area contributed by atoms with Gasteiger partial charge in [0.05, 0.1) is 17.9 Å². The molecule has 7 nitrogen and oxygen atoms in total. The molecule has 1 fully saturated rings. The second kappa shape index (κ2) is 10.3. The highest BCUT2D eigenvalue weighted by Crippen LogP contribution is 2.45. The van der Waals surface area contributed by atoms with Crippen LogP contribution in [0.15, 0.2) is 36.4 Å². The van der Waals surface area contributed by atoms with Gasteiger partial charge in [0.15, 0.2) is 11.5 Å². The summed E-state index contributed by atoms with van der Waals surface area (Å²) in [5.74, 6) is -2.28. The van der Waals surface area contributed by atoms with Crippen LogP contribution in [0.2, 0.25) is 0 Å². The molecule has 10 heteroatoms. The van der Waals surface area contributed by atoms with Crippen LogP contribution in [0.3, 0.4) is 0 Å². The number of ether oxygens (including phenoxy) is 3. The van der Waals surface area contributed by atoms with Crippen molar-refractivity contribution < 1.29 is 42.1 Å². The molecule has 1 heterocycles. The normalized spacial score (nSPS) is 21.2. The summed E-state index contributed by atoms with van der Waals surface area (Å²) in [6.45, 7) is 2.02. The fourth-order valence-corrected chi connectivity index (χ4v) is 4.68. The Morgan fingerprint density at radius 3 is 2.58 bits per heavy atom. The molecule has 0 aromatic heterocycles. The molecular formula is C26H28F3NO6. The summed E-state index contributed by atoms with van der Waals surface area (Å²) in [5, 5.41) is 12.3. The Bertz CT molecular complexity index is 1130. The van der Waals surface area contributed by atoms with E-state index in [1.165, 1.54) is 12.1 Å². The molecule has 4 rings (SSSR count). The Labute approximate surface area is 206 Å². The number of carbonyl (C=O) groups is 2. The van der Waals surface area contributed by atoms with Crippen LogP contribution in [-0.4, -0.2) is 43.1 Å². The van der Waals surface area contributed by atoms with Gasteiger partial charge in [-0.1, -0.05) is 29.8 Å². The van der Waals surface area contributed by atoms with Crippen molar-refractivity contribution in [1.82, 2.24) is 5.32 Å². The number of aryl methyl sites for hydroxylation is 1. The number of benzene rings is 2. The lowest BCUT2D eigenvalue weighted by Crippen LogP contribution is -2.46. The average molecular weight is 508 g/mol. The summed E-state index contributed by atoms with van der Waals surface area (Å²) in [6, 6.07) is 11.0. The molecule has 1 aliphatic heterocycles. The standard InChI is InChI=1S/C26H28F3NO6/c1-16-3-2-4-17(11-16)7-10-34-20-12-18(13-21-22(20)36-15-35-21)23(31)30-14-25(24(32)33)8-5-19(6-9-25)26(27,28)29/h2-4,11-13,19H,5-10,14-15H2,1H3,(H,30,31)(H,32,33). The van der Waals surface area contributed by atoms with E-state index in [1.807, 2.05) is 25.1 Å². The van der Waals surface area contributed by atoms with E-state index >= 15 is 0 Å². The van der Waals surface area contributed by atoms with Gasteiger partial charge in [0.25, 0.3) is 5.91 Å². The van der Waals surface area contributed by atoms with Gasteiger partial charge in [-0.3, -0.25) is 9.59 Å². The van der Waals surface area contributed by atoms with E-state index in [2.05, 4.69) is 11.4 Å². The Balaban J connectivity index is 1.42. The molecule has 0 bridgehead atoms. The van der Waals surface area contributed by atoms with E-state index in [9.17, 15) is 27.9 Å². The van der Waals surface area contributed by atoms with Crippen LogP contribution in [0.25, 0.3) is 0 Å². The van der Waals surface area contributed by atoms with Gasteiger partial charge in [-0.25, -0.2) is 0 Å². The van der Waals surface area contributed by atoms with Gasteiger partial charge in [-0.2, -0.15) is 13.2 Å². The molecule has 0 radical (unpaired) electrons. The van der Waals surface area contributed by atoms with Crippen LogP contribution >= 0.6 is 0 Å². The summed E-state index contributed by atoms with van der Waals surface area (Å²) in [4.78, 5) is 24.9. The van der Waals surface area contributed by atoms with Crippen molar-refractivity contribution in [3.8, 4) is 17.2 Å². The quantitative estimate of drug-likeness (QED) is 0.528. The molecule has 0 saturated heterocycles. The molecule has 1 amide bonds. The fourth-order valence-electron chi connectivity index (χ4n) is 4.68. The minimum absolute atomic E-state index is 0.0306. The molecule has 0 unspecified atom stereocenters. The van der Waals surface area contributed by atoms with E-state index in [0.717, 1.165) is 11.1 Å². The number of nitrogens with one attached hydrogen (secondary N) is 1. The summed E-state index contributed by atoms with van der Waals surface area (Å²) < 4.78 is 55.9. The van der Waals surface area contributed by atoms with Gasteiger partial charge in [0.1, 0.15) is 0 Å². The fraction of sp³-hybridized carbons (Fsp3) is 0.462. The monoisotopic (exact) mass is 507 g/mol. The predicted molar refractivity (Wildman–Crippen MR) is 123 cm³/mol. The van der Waals surface area contributed by atoms with Crippen molar-refractivity contribution in [1.29, 1.82) is 0 Å². The first-order valence-corrected chi connectivity index (χ1v) is 11.8. The first-order valence-electron chi connectivity index (χ1n) is 11.8. The van der Waals surface area contributed by atoms with E-state index in [0.29, 0.717) is 30.3 Å². The van der Waals surface area contributed by atoms with E-state index < -0.39 is 29.4 Å². The van der Waals surface area contributed by atoms with E-state index in [-0.39, 0.29) is 44.6 Å². The third-order valence-corrected chi connectivity index (χ3v) is 6.88. The third kappa shape index (κ3) is 5.68. The zero-order valence-electron chi connectivity index (χ0n) is 19.8. The number of hydrogen-bond acceptors (Lipinski definition) is 5. The number of halogens is 3. The number of aliphatic carboxylic acids is 1. The topological polar surface area (TPSA) is 94.1 Å². The predicted octanol–water partition coefficient (Wildman–Crippen LogP) is 4.90. The van der Waals surface area contributed by atoms with Crippen molar-refractivity contribution in [3.05, 3.63) is 53.1 Å². The van der Waals surface area contributed by atoms with Crippen LogP contribution in [0.4, 0.5) is 13.2 Å². The SMILES string of the molecule is Cc1cccc(CCOc2cc(C(=O)NCC3(C(=O)O)CCC(C(F)(F)F)CC3)cc3c2OCO3)c1. The maximum absolute atomic E-state index is 13.0. The largest absolute Gasteiger partial charge is 0.489 e. The first kappa shape index (κ1) is 25.7. The zero-order valence-corrected chi connectivity index (χ0v) is 19.8. The molecule has 2 N–H and O–H groups in total. The molecule has 194 valence electrons. The Kier molecular flexibility index (Phi) is 7.33. The molecule has 1 aliphatic carbocycles. The molecule has 2 aliphatic rings. The van der Waals surface area contributed by atoms with E-state index in [4.69, 9.17) is 14.2 Å². The summed E-state index contributed by atoms with van der Waals surface area (Å²) in [5.41, 5.74) is 0.960. The molecular weight excluding hydrogens is 479 g/mol. The van der Waals surface area contributed by atoms with Gasteiger partial charge in [0.2, 0.25) is 12.5 Å². The Morgan fingerprint density at radius 1 is 1.17 bits per heavy atom. The Hall–Kier alpha value is -3.43. The highest BCUT2D eigenvalue weighted by atomic mass is 19.4. The molecule has 2 aromatic rings. The zero-order chi connectivity index (χ0) is 25.9. The summed E-state index contributed by atoms with van der Waals surface area (Å²) in [7, 11) is 0. The van der Waals surface area contributed by atoms with Crippen LogP contribution < -0.4 is 19.5 Å². The highest BCUT2D eigenvalue weighted by molar-refractivity contribution is 5.96. The van der Waals surface area contributed by atoms with E-state index in [1.54, 1.807) is 0 Å². The number of carboxylic acid groups (broad SMARTS) is 1. The minimum atomic E-state index is -4.35. The number of carboxylic acids is 1. The van der Waals surface area contributed by atoms with Crippen molar-refractivity contribution in [2.24, 2.45) is 11.3 Å². The van der Waals surface area contributed by atoms with Crippen molar-refractivity contribution >= 4 is 11.9 Å². The van der Waals surface area contributed by atoms with Crippen LogP contribution in [0.1, 0.15) is 47.2 Å². The second-order valence-corrected chi connectivity index (χ2v) is 9.38. The van der Waals surface area contributed by atoms with Crippen LogP contribution in [0, 0.1) is 18.3 Å². The lowest BCUT2D eigenvalue weighted by molar-refractivity contribution is -0.191. The van der Waals surface area contributed by atoms with Crippen LogP contribution in [0.5, 0.6) is 17.2 Å². The molecule has 0 spiro atoms. The van der Waals surface area contributed by atoms with Gasteiger partial charge in [-0.05, 0) is 50.3 Å². The number of alkyl halides is 3. The number of carbonyl (C=O) groups excluding carboxylic acids is 1. The maximum atomic E-state index is 13.0. The Morgan fingerprint density at radius 2 is 1.92 bits per heavy atom. The number of fused-ring (bicyclic) bond motifs is 1. The molecule has 0 atom stereocenters. The van der Waals surface area contributed by atoms with Gasteiger partial charge in [-0.15, -0.1) is 0 Å². The summed E-state index contributed by atoms with van der Waals surface area (Å²) in [6.07, 6.45) is -4.62. The number of hydrogen-bond donors (Lipinski definition) is 2. The molecule has 1 saturated carbocycles. The van der Waals surface area contributed by atoms with Crippen molar-refractivity contribution in [2.45, 2.75) is 45.2 Å². The highest BCUT2D eigenvalue weighted by Gasteiger charge is 2.49. The average Bonchev–Trinajstić information content (AvgIpc) is 3.31. The summed E-state index contributed by atoms with van der Waals surface area (Å²) >= 11 is 0. The van der Waals surface area contributed by atoms with Crippen molar-refractivity contribution in [2.75, 3.05) is 19.9 Å². The van der Waals surface area contributed by atoms with Crippen LogP contribution in [-0.2, 0) is 11.2 Å². The molecule has 2 aromatic carbocycles. The smallest absolute Gasteiger partial charge is 0.391 e. The third-order valence-electron chi connectivity index (χ3n) is 6.88. The second-order valence-electron chi connectivity index (χ2n) is 9.38. The number of amides is 1. The van der Waals surface area contributed by atoms with Gasteiger partial charge >= 0.3 is 12.1 Å². The molecule has 36 heavy (non-hydrogen) atoms. The number of rotatable bonds is 8. The lowest BCUT2D eigenvalue weighted by Gasteiger charge is -2.37. The maximum Gasteiger partial charge on any atom is 0.391 e. The lowest BCUT2D eigenvalue weighted by atomic mass is 9.70. The van der Waals surface area contributed by atoms with Gasteiger partial charge < -0.3 is 24.6 Å².